The Bertz CT molecular complexity index is 772. The van der Waals surface area contributed by atoms with Gasteiger partial charge in [-0.15, -0.1) is 0 Å². The maximum atomic E-state index is 12.7. The van der Waals surface area contributed by atoms with Crippen LogP contribution >= 0.6 is 0 Å². The number of carbonyl (C=O) groups is 2. The molecular formula is C21H32N4O3. The van der Waals surface area contributed by atoms with Crippen molar-refractivity contribution in [1.82, 2.24) is 19.8 Å². The normalized spacial score (nSPS) is 19.1. The van der Waals surface area contributed by atoms with Crippen molar-refractivity contribution in [2.24, 2.45) is 11.8 Å². The number of rotatable bonds is 4. The topological polar surface area (TPSA) is 86.4 Å². The van der Waals surface area contributed by atoms with Crippen LogP contribution in [-0.2, 0) is 16.0 Å². The van der Waals surface area contributed by atoms with Gasteiger partial charge in [-0.05, 0) is 51.4 Å². The molecule has 0 aromatic carbocycles. The van der Waals surface area contributed by atoms with Gasteiger partial charge in [0.1, 0.15) is 5.82 Å². The SMILES string of the molecule is CCC(=O)N1CCC(C2CCN(C(=O)Cc3c(C)nc(C)[nH]c3=O)CC2)CC1. The molecule has 0 aliphatic carbocycles. The molecule has 2 aliphatic heterocycles. The maximum absolute atomic E-state index is 12.7. The van der Waals surface area contributed by atoms with Gasteiger partial charge in [-0.25, -0.2) is 4.98 Å². The predicted molar refractivity (Wildman–Crippen MR) is 107 cm³/mol. The molecule has 28 heavy (non-hydrogen) atoms. The molecule has 2 aliphatic rings. The number of nitrogens with zero attached hydrogens (tertiary/aromatic N) is 3. The number of hydrogen-bond acceptors (Lipinski definition) is 4. The fourth-order valence-corrected chi connectivity index (χ4v) is 4.69. The van der Waals surface area contributed by atoms with Gasteiger partial charge in [-0.3, -0.25) is 14.4 Å². The number of H-pyrrole nitrogens is 1. The van der Waals surface area contributed by atoms with Crippen LogP contribution in [0.3, 0.4) is 0 Å². The Morgan fingerprint density at radius 2 is 1.46 bits per heavy atom. The first-order chi connectivity index (χ1) is 13.4. The van der Waals surface area contributed by atoms with Crippen molar-refractivity contribution in [2.75, 3.05) is 26.2 Å². The van der Waals surface area contributed by atoms with Crippen LogP contribution in [0.5, 0.6) is 0 Å². The molecule has 0 unspecified atom stereocenters. The number of piperidine rings is 2. The molecular weight excluding hydrogens is 356 g/mol. The van der Waals surface area contributed by atoms with Crippen LogP contribution in [0.25, 0.3) is 0 Å². The Hall–Kier alpha value is -2.18. The van der Waals surface area contributed by atoms with Gasteiger partial charge in [0.25, 0.3) is 5.56 Å². The highest BCUT2D eigenvalue weighted by molar-refractivity contribution is 5.79. The lowest BCUT2D eigenvalue weighted by atomic mass is 9.78. The molecule has 0 saturated carbocycles. The van der Waals surface area contributed by atoms with Crippen molar-refractivity contribution in [3.8, 4) is 0 Å². The number of carbonyl (C=O) groups excluding carboxylic acids is 2. The van der Waals surface area contributed by atoms with Crippen molar-refractivity contribution < 1.29 is 9.59 Å². The lowest BCUT2D eigenvalue weighted by Gasteiger charge is -2.40. The first-order valence-corrected chi connectivity index (χ1v) is 10.5. The molecule has 2 amide bonds. The van der Waals surface area contributed by atoms with Crippen molar-refractivity contribution in [3.63, 3.8) is 0 Å². The molecule has 0 spiro atoms. The van der Waals surface area contributed by atoms with Crippen LogP contribution in [0.2, 0.25) is 0 Å². The third-order valence-electron chi connectivity index (χ3n) is 6.42. The van der Waals surface area contributed by atoms with Crippen molar-refractivity contribution in [2.45, 2.75) is 59.3 Å². The van der Waals surface area contributed by atoms with E-state index in [0.717, 1.165) is 51.9 Å². The van der Waals surface area contributed by atoms with E-state index in [9.17, 15) is 14.4 Å². The molecule has 2 saturated heterocycles. The van der Waals surface area contributed by atoms with Gasteiger partial charge in [-0.2, -0.15) is 0 Å². The van der Waals surface area contributed by atoms with E-state index in [1.807, 2.05) is 16.7 Å². The van der Waals surface area contributed by atoms with E-state index < -0.39 is 0 Å². The van der Waals surface area contributed by atoms with Crippen LogP contribution in [0.4, 0.5) is 0 Å². The second-order valence-electron chi connectivity index (χ2n) is 8.18. The minimum Gasteiger partial charge on any atom is -0.343 e. The van der Waals surface area contributed by atoms with E-state index in [0.29, 0.717) is 35.3 Å². The Morgan fingerprint density at radius 1 is 0.964 bits per heavy atom. The highest BCUT2D eigenvalue weighted by Gasteiger charge is 2.31. The standard InChI is InChI=1S/C21H32N4O3/c1-4-19(26)24-9-5-16(6-10-24)17-7-11-25(12-8-17)20(27)13-18-14(2)22-15(3)23-21(18)28/h16-17H,4-13H2,1-3H3,(H,22,23,28). The number of hydrogen-bond donors (Lipinski definition) is 1. The molecule has 1 aromatic heterocycles. The van der Waals surface area contributed by atoms with Gasteiger partial charge in [0.05, 0.1) is 6.42 Å². The van der Waals surface area contributed by atoms with Crippen molar-refractivity contribution >= 4 is 11.8 Å². The first-order valence-electron chi connectivity index (χ1n) is 10.5. The van der Waals surface area contributed by atoms with Gasteiger partial charge < -0.3 is 14.8 Å². The minimum atomic E-state index is -0.207. The number of aryl methyl sites for hydroxylation is 2. The molecule has 3 heterocycles. The van der Waals surface area contributed by atoms with Gasteiger partial charge in [0.2, 0.25) is 11.8 Å². The summed E-state index contributed by atoms with van der Waals surface area (Å²) in [6.45, 7) is 8.71. The van der Waals surface area contributed by atoms with E-state index in [1.165, 1.54) is 0 Å². The second-order valence-corrected chi connectivity index (χ2v) is 8.18. The van der Waals surface area contributed by atoms with Crippen LogP contribution < -0.4 is 5.56 Å². The molecule has 7 heteroatoms. The summed E-state index contributed by atoms with van der Waals surface area (Å²) in [6.07, 6.45) is 4.89. The lowest BCUT2D eigenvalue weighted by molar-refractivity contribution is -0.134. The third kappa shape index (κ3) is 4.62. The summed E-state index contributed by atoms with van der Waals surface area (Å²) >= 11 is 0. The fourth-order valence-electron chi connectivity index (χ4n) is 4.69. The summed E-state index contributed by atoms with van der Waals surface area (Å²) in [5.74, 6) is 2.14. The van der Waals surface area contributed by atoms with E-state index in [2.05, 4.69) is 9.97 Å². The van der Waals surface area contributed by atoms with Gasteiger partial charge in [0.15, 0.2) is 0 Å². The number of aromatic nitrogens is 2. The zero-order chi connectivity index (χ0) is 20.3. The molecule has 1 aromatic rings. The van der Waals surface area contributed by atoms with Crippen molar-refractivity contribution in [3.05, 3.63) is 27.4 Å². The smallest absolute Gasteiger partial charge is 0.254 e. The highest BCUT2D eigenvalue weighted by atomic mass is 16.2. The molecule has 1 N–H and O–H groups in total. The largest absolute Gasteiger partial charge is 0.343 e. The number of nitrogens with one attached hydrogen (secondary N) is 1. The summed E-state index contributed by atoms with van der Waals surface area (Å²) < 4.78 is 0. The molecule has 154 valence electrons. The number of amides is 2. The van der Waals surface area contributed by atoms with Crippen LogP contribution in [-0.4, -0.2) is 57.8 Å². The number of likely N-dealkylation sites (tertiary alicyclic amines) is 2. The van der Waals surface area contributed by atoms with Crippen molar-refractivity contribution in [1.29, 1.82) is 0 Å². The Kier molecular flexibility index (Phi) is 6.52. The summed E-state index contributed by atoms with van der Waals surface area (Å²) in [5, 5.41) is 0. The van der Waals surface area contributed by atoms with Gasteiger partial charge in [0, 0.05) is 43.9 Å². The molecule has 0 bridgehead atoms. The van der Waals surface area contributed by atoms with E-state index in [4.69, 9.17) is 0 Å². The highest BCUT2D eigenvalue weighted by Crippen LogP contribution is 2.32. The molecule has 0 atom stereocenters. The first kappa shape index (κ1) is 20.6. The Balaban J connectivity index is 1.50. The second kappa shape index (κ2) is 8.88. The lowest BCUT2D eigenvalue weighted by Crippen LogP contribution is -2.44. The van der Waals surface area contributed by atoms with Crippen LogP contribution in [0.15, 0.2) is 4.79 Å². The van der Waals surface area contributed by atoms with E-state index in [1.54, 1.807) is 13.8 Å². The molecule has 0 radical (unpaired) electrons. The Labute approximate surface area is 166 Å². The zero-order valence-corrected chi connectivity index (χ0v) is 17.3. The minimum absolute atomic E-state index is 0.0149. The van der Waals surface area contributed by atoms with E-state index >= 15 is 0 Å². The Morgan fingerprint density at radius 3 is 1.93 bits per heavy atom. The fraction of sp³-hybridized carbons (Fsp3) is 0.714. The summed E-state index contributed by atoms with van der Waals surface area (Å²) in [4.78, 5) is 47.5. The summed E-state index contributed by atoms with van der Waals surface area (Å²) in [5.41, 5.74) is 0.908. The van der Waals surface area contributed by atoms with Crippen LogP contribution in [0.1, 0.15) is 56.1 Å². The average molecular weight is 389 g/mol. The van der Waals surface area contributed by atoms with Gasteiger partial charge >= 0.3 is 0 Å². The van der Waals surface area contributed by atoms with Crippen LogP contribution in [0, 0.1) is 25.7 Å². The van der Waals surface area contributed by atoms with Gasteiger partial charge in [-0.1, -0.05) is 6.92 Å². The predicted octanol–water partition coefficient (Wildman–Crippen LogP) is 1.82. The third-order valence-corrected chi connectivity index (χ3v) is 6.42. The molecule has 2 fully saturated rings. The van der Waals surface area contributed by atoms with E-state index in [-0.39, 0.29) is 23.8 Å². The summed E-state index contributed by atoms with van der Waals surface area (Å²) in [6, 6.07) is 0. The molecule has 3 rings (SSSR count). The quantitative estimate of drug-likeness (QED) is 0.852. The summed E-state index contributed by atoms with van der Waals surface area (Å²) in [7, 11) is 0. The maximum Gasteiger partial charge on any atom is 0.254 e. The number of aromatic amines is 1. The molecule has 7 nitrogen and oxygen atoms in total. The monoisotopic (exact) mass is 388 g/mol. The zero-order valence-electron chi connectivity index (χ0n) is 17.3. The average Bonchev–Trinajstić information content (AvgIpc) is 2.70.